The minimum absolute atomic E-state index is 0. The fourth-order valence-electron chi connectivity index (χ4n) is 1.20. The van der Waals surface area contributed by atoms with Crippen molar-refractivity contribution in [3.05, 3.63) is 33.2 Å². The summed E-state index contributed by atoms with van der Waals surface area (Å²) in [4.78, 5) is 0. The summed E-state index contributed by atoms with van der Waals surface area (Å²) in [6, 6.07) is 0. The summed E-state index contributed by atoms with van der Waals surface area (Å²) in [5.41, 5.74) is 1.41. The van der Waals surface area contributed by atoms with E-state index in [4.69, 9.17) is 0 Å². The van der Waals surface area contributed by atoms with Crippen molar-refractivity contribution < 1.29 is 49.5 Å². The largest absolute Gasteiger partial charge is 1.00 e. The molecule has 1 aliphatic carbocycles. The molecule has 0 heterocycles. The molecule has 0 N–H and O–H groups in total. The van der Waals surface area contributed by atoms with Gasteiger partial charge in [0, 0.05) is 0 Å². The van der Waals surface area contributed by atoms with E-state index >= 15 is 0 Å². The van der Waals surface area contributed by atoms with Gasteiger partial charge in [-0.2, -0.15) is 0 Å². The normalized spacial score (nSPS) is 14.5. The monoisotopic (exact) mass is 307 g/mol. The molecule has 1 aliphatic rings. The summed E-state index contributed by atoms with van der Waals surface area (Å²) < 4.78 is 1.57. The van der Waals surface area contributed by atoms with Crippen LogP contribution in [0.15, 0.2) is 33.2 Å². The van der Waals surface area contributed by atoms with E-state index in [1.165, 1.54) is 31.3 Å². The Hall–Kier alpha value is 0.683. The maximum atomic E-state index is 2.31. The zero-order valence-corrected chi connectivity index (χ0v) is 12.4. The average Bonchev–Trinajstić information content (AvgIpc) is 2.45. The van der Waals surface area contributed by atoms with Crippen LogP contribution >= 0.6 is 0 Å². The quantitative estimate of drug-likeness (QED) is 0.504. The standard InChI is InChI=1S/C11H15.2ClH.Zr/c1-2-3-4-5-8-11-9-6-7-10-11;;;/h5,8-10H,2-4,6H2,1H3;2*1H;/q;;;+2/p-2. The van der Waals surface area contributed by atoms with Gasteiger partial charge < -0.3 is 24.8 Å². The third kappa shape index (κ3) is 7.04. The van der Waals surface area contributed by atoms with Crippen LogP contribution in [-0.4, -0.2) is 0 Å². The van der Waals surface area contributed by atoms with Gasteiger partial charge in [-0.25, -0.2) is 0 Å². The van der Waals surface area contributed by atoms with Crippen molar-refractivity contribution in [2.24, 2.45) is 0 Å². The second-order valence-corrected chi connectivity index (χ2v) is 4.70. The van der Waals surface area contributed by atoms with Crippen LogP contribution in [0.3, 0.4) is 0 Å². The van der Waals surface area contributed by atoms with Gasteiger partial charge in [0.25, 0.3) is 0 Å². The summed E-state index contributed by atoms with van der Waals surface area (Å²) >= 11 is 1.56. The molecule has 77 valence electrons. The molecule has 0 unspecified atom stereocenters. The van der Waals surface area contributed by atoms with Crippen LogP contribution in [0.5, 0.6) is 0 Å². The molecule has 3 heteroatoms. The molecular weight excluding hydrogens is 294 g/mol. The minimum Gasteiger partial charge on any atom is -1.00 e. The molecule has 0 nitrogen and oxygen atoms in total. The zero-order chi connectivity index (χ0) is 8.81. The molecule has 0 aromatic carbocycles. The summed E-state index contributed by atoms with van der Waals surface area (Å²) in [7, 11) is 0. The third-order valence-electron chi connectivity index (χ3n) is 1.93. The molecule has 1 rings (SSSR count). The van der Waals surface area contributed by atoms with Gasteiger partial charge in [0.05, 0.1) is 0 Å². The number of halogens is 2. The molecule has 0 amide bonds. The first-order valence-corrected chi connectivity index (χ1v) is 5.84. The first kappa shape index (κ1) is 17.1. The first-order chi connectivity index (χ1) is 5.83. The molecule has 0 aliphatic heterocycles. The van der Waals surface area contributed by atoms with Gasteiger partial charge in [0.2, 0.25) is 0 Å². The van der Waals surface area contributed by atoms with Crippen molar-refractivity contribution in [2.45, 2.75) is 32.6 Å². The predicted octanol–water partition coefficient (Wildman–Crippen LogP) is -2.50. The van der Waals surface area contributed by atoms with Crippen LogP contribution in [0.25, 0.3) is 0 Å². The number of rotatable bonds is 4. The molecule has 0 spiro atoms. The van der Waals surface area contributed by atoms with E-state index in [-0.39, 0.29) is 24.8 Å². The van der Waals surface area contributed by atoms with Crippen molar-refractivity contribution in [2.75, 3.05) is 0 Å². The smallest absolute Gasteiger partial charge is 1.00 e. The Morgan fingerprint density at radius 2 is 2.14 bits per heavy atom. The maximum Gasteiger partial charge on any atom is -1.00 e. The van der Waals surface area contributed by atoms with Gasteiger partial charge in [-0.15, -0.1) is 0 Å². The average molecular weight is 309 g/mol. The van der Waals surface area contributed by atoms with Crippen molar-refractivity contribution in [3.8, 4) is 0 Å². The summed E-state index contributed by atoms with van der Waals surface area (Å²) in [6.07, 6.45) is 14.2. The Labute approximate surface area is 115 Å². The molecule has 0 atom stereocenters. The van der Waals surface area contributed by atoms with Crippen molar-refractivity contribution in [1.29, 1.82) is 0 Å². The van der Waals surface area contributed by atoms with Crippen molar-refractivity contribution in [1.82, 2.24) is 0 Å². The van der Waals surface area contributed by atoms with E-state index in [1.807, 2.05) is 0 Å². The van der Waals surface area contributed by atoms with E-state index in [0.717, 1.165) is 0 Å². The fraction of sp³-hybridized carbons (Fsp3) is 0.455. The maximum absolute atomic E-state index is 2.31. The molecule has 0 saturated carbocycles. The van der Waals surface area contributed by atoms with Gasteiger partial charge in [-0.3, -0.25) is 0 Å². The molecule has 0 saturated heterocycles. The summed E-state index contributed by atoms with van der Waals surface area (Å²) in [5, 5.41) is 0. The Kier molecular flexibility index (Phi) is 12.5. The number of allylic oxidation sites excluding steroid dienone is 6. The van der Waals surface area contributed by atoms with Crippen LogP contribution in [0.1, 0.15) is 32.6 Å². The topological polar surface area (TPSA) is 0 Å². The SMILES string of the molecule is CCCCC=CC1=CC[C]([Zr+2])=C1.[Cl-].[Cl-]. The second-order valence-electron chi connectivity index (χ2n) is 3.12. The van der Waals surface area contributed by atoms with E-state index in [0.29, 0.717) is 0 Å². The number of hydrogen-bond acceptors (Lipinski definition) is 0. The molecular formula is C11H15Cl2Zr. The molecule has 0 radical (unpaired) electrons. The molecule has 0 aromatic rings. The Balaban J connectivity index is 0. The molecule has 0 bridgehead atoms. The van der Waals surface area contributed by atoms with E-state index in [1.54, 1.807) is 28.0 Å². The van der Waals surface area contributed by atoms with Crippen LogP contribution in [0.4, 0.5) is 0 Å². The van der Waals surface area contributed by atoms with Crippen LogP contribution in [0, 0.1) is 0 Å². The second kappa shape index (κ2) is 10.2. The van der Waals surface area contributed by atoms with Gasteiger partial charge in [-0.05, 0) is 0 Å². The van der Waals surface area contributed by atoms with E-state index in [9.17, 15) is 0 Å². The van der Waals surface area contributed by atoms with Crippen LogP contribution < -0.4 is 24.8 Å². The van der Waals surface area contributed by atoms with Gasteiger partial charge in [0.15, 0.2) is 0 Å². The van der Waals surface area contributed by atoms with Crippen LogP contribution in [0.2, 0.25) is 0 Å². The number of hydrogen-bond donors (Lipinski definition) is 0. The minimum atomic E-state index is 0. The molecule has 0 fully saturated rings. The Morgan fingerprint density at radius 3 is 2.64 bits per heavy atom. The molecule has 0 aromatic heterocycles. The third-order valence-corrected chi connectivity index (χ3v) is 2.79. The van der Waals surface area contributed by atoms with Gasteiger partial charge in [-0.1, -0.05) is 0 Å². The van der Waals surface area contributed by atoms with Gasteiger partial charge in [0.1, 0.15) is 0 Å². The Bertz CT molecular complexity index is 229. The van der Waals surface area contributed by atoms with Crippen LogP contribution in [-0.2, 0) is 24.7 Å². The Morgan fingerprint density at radius 1 is 1.43 bits per heavy atom. The van der Waals surface area contributed by atoms with Crippen molar-refractivity contribution >= 4 is 0 Å². The first-order valence-electron chi connectivity index (χ1n) is 4.62. The fourth-order valence-corrected chi connectivity index (χ4v) is 1.86. The zero-order valence-electron chi connectivity index (χ0n) is 8.39. The van der Waals surface area contributed by atoms with E-state index < -0.39 is 0 Å². The summed E-state index contributed by atoms with van der Waals surface area (Å²) in [5.74, 6) is 0. The number of unbranched alkanes of at least 4 members (excludes halogenated alkanes) is 2. The summed E-state index contributed by atoms with van der Waals surface area (Å²) in [6.45, 7) is 2.23. The van der Waals surface area contributed by atoms with Gasteiger partial charge >= 0.3 is 90.5 Å². The van der Waals surface area contributed by atoms with Crippen molar-refractivity contribution in [3.63, 3.8) is 0 Å². The predicted molar refractivity (Wildman–Crippen MR) is 49.4 cm³/mol. The molecule has 14 heavy (non-hydrogen) atoms. The van der Waals surface area contributed by atoms with E-state index in [2.05, 4.69) is 31.2 Å².